The number of amides is 1. The van der Waals surface area contributed by atoms with Gasteiger partial charge < -0.3 is 24.1 Å². The van der Waals surface area contributed by atoms with Gasteiger partial charge in [0.05, 0.1) is 20.3 Å². The van der Waals surface area contributed by atoms with Gasteiger partial charge in [-0.2, -0.15) is 0 Å². The molecule has 0 bridgehead atoms. The molecular weight excluding hydrogens is 382 g/mol. The summed E-state index contributed by atoms with van der Waals surface area (Å²) >= 11 is 0. The Hall–Kier alpha value is -3.22. The summed E-state index contributed by atoms with van der Waals surface area (Å²) in [5.74, 6) is 2.20. The van der Waals surface area contributed by atoms with Gasteiger partial charge in [0.1, 0.15) is 11.5 Å². The number of methoxy groups -OCH3 is 1. The Morgan fingerprint density at radius 1 is 1.13 bits per heavy atom. The highest BCUT2D eigenvalue weighted by molar-refractivity contribution is 5.99. The number of benzene rings is 2. The summed E-state index contributed by atoms with van der Waals surface area (Å²) in [6.45, 7) is 6.90. The Labute approximate surface area is 177 Å². The molecule has 1 amide bonds. The lowest BCUT2D eigenvalue weighted by Gasteiger charge is -2.31. The molecule has 1 atom stereocenters. The maximum atomic E-state index is 13.1. The molecule has 1 aliphatic rings. The number of amidine groups is 1. The van der Waals surface area contributed by atoms with Gasteiger partial charge in [-0.05, 0) is 69.3 Å². The fourth-order valence-electron chi connectivity index (χ4n) is 3.26. The zero-order chi connectivity index (χ0) is 21.7. The Kier molecular flexibility index (Phi) is 6.82. The number of carbonyl (C=O) groups excluding carboxylic acids is 1. The number of ether oxygens (including phenoxy) is 2. The Balaban J connectivity index is 1.70. The first kappa shape index (κ1) is 21.5. The molecule has 160 valence electrons. The molecule has 1 unspecified atom stereocenters. The standard InChI is InChI=1S/C23H29N3O4/c1-6-29-20-13-9-18(10-14-20)23(27)26(16(2)3)15-21-25(4)22(24-30-21)17-7-11-19(28-5)12-8-17/h7-14,16,21H,6,15H2,1-5H3. The Bertz CT molecular complexity index is 878. The van der Waals surface area contributed by atoms with Gasteiger partial charge in [0.25, 0.3) is 5.91 Å². The van der Waals surface area contributed by atoms with Crippen LogP contribution in [-0.4, -0.2) is 61.1 Å². The molecule has 0 fully saturated rings. The molecule has 2 aromatic rings. The third-order valence-corrected chi connectivity index (χ3v) is 5.02. The molecule has 1 aliphatic heterocycles. The van der Waals surface area contributed by atoms with Crippen molar-refractivity contribution in [3.05, 3.63) is 59.7 Å². The first-order valence-corrected chi connectivity index (χ1v) is 10.1. The van der Waals surface area contributed by atoms with Crippen LogP contribution in [-0.2, 0) is 4.84 Å². The minimum absolute atomic E-state index is 0.00565. The van der Waals surface area contributed by atoms with Crippen molar-refractivity contribution >= 4 is 11.7 Å². The SMILES string of the molecule is CCOc1ccc(C(=O)N(CC2ON=C(c3ccc(OC)cc3)N2C)C(C)C)cc1. The molecule has 0 radical (unpaired) electrons. The number of oxime groups is 1. The molecule has 2 aromatic carbocycles. The number of rotatable bonds is 8. The third-order valence-electron chi connectivity index (χ3n) is 5.02. The highest BCUT2D eigenvalue weighted by atomic mass is 16.7. The smallest absolute Gasteiger partial charge is 0.254 e. The van der Waals surface area contributed by atoms with Crippen molar-refractivity contribution in [3.8, 4) is 11.5 Å². The van der Waals surface area contributed by atoms with Crippen molar-refractivity contribution in [1.29, 1.82) is 0 Å². The summed E-state index contributed by atoms with van der Waals surface area (Å²) < 4.78 is 10.7. The summed E-state index contributed by atoms with van der Waals surface area (Å²) in [4.78, 5) is 22.5. The zero-order valence-electron chi connectivity index (χ0n) is 18.2. The molecule has 1 heterocycles. The predicted molar refractivity (Wildman–Crippen MR) is 116 cm³/mol. The highest BCUT2D eigenvalue weighted by Crippen LogP contribution is 2.21. The van der Waals surface area contributed by atoms with E-state index >= 15 is 0 Å². The van der Waals surface area contributed by atoms with Gasteiger partial charge in [-0.1, -0.05) is 5.16 Å². The molecule has 0 aromatic heterocycles. The van der Waals surface area contributed by atoms with Crippen molar-refractivity contribution in [2.24, 2.45) is 5.16 Å². The first-order chi connectivity index (χ1) is 14.4. The van der Waals surface area contributed by atoms with Gasteiger partial charge in [-0.3, -0.25) is 4.79 Å². The molecule has 3 rings (SSSR count). The molecule has 0 spiro atoms. The lowest BCUT2D eigenvalue weighted by molar-refractivity contribution is -0.00868. The molecule has 7 nitrogen and oxygen atoms in total. The molecule has 0 saturated heterocycles. The highest BCUT2D eigenvalue weighted by Gasteiger charge is 2.32. The van der Waals surface area contributed by atoms with Gasteiger partial charge in [-0.15, -0.1) is 0 Å². The van der Waals surface area contributed by atoms with Crippen LogP contribution in [0.3, 0.4) is 0 Å². The second kappa shape index (κ2) is 9.52. The summed E-state index contributed by atoms with van der Waals surface area (Å²) in [6, 6.07) is 14.9. The van der Waals surface area contributed by atoms with Gasteiger partial charge in [-0.25, -0.2) is 0 Å². The van der Waals surface area contributed by atoms with E-state index in [0.29, 0.717) is 18.7 Å². The van der Waals surface area contributed by atoms with Crippen LogP contribution in [0.5, 0.6) is 11.5 Å². The number of hydrogen-bond acceptors (Lipinski definition) is 6. The van der Waals surface area contributed by atoms with Crippen molar-refractivity contribution in [2.45, 2.75) is 33.0 Å². The Morgan fingerprint density at radius 2 is 1.77 bits per heavy atom. The molecule has 0 N–H and O–H groups in total. The summed E-state index contributed by atoms with van der Waals surface area (Å²) in [5.41, 5.74) is 1.54. The van der Waals surface area contributed by atoms with Crippen LogP contribution in [0.15, 0.2) is 53.7 Å². The number of likely N-dealkylation sites (N-methyl/N-ethyl adjacent to an activating group) is 1. The average molecular weight is 412 g/mol. The zero-order valence-corrected chi connectivity index (χ0v) is 18.2. The molecule has 0 aliphatic carbocycles. The average Bonchev–Trinajstić information content (AvgIpc) is 3.12. The topological polar surface area (TPSA) is 63.6 Å². The summed E-state index contributed by atoms with van der Waals surface area (Å²) in [5, 5.41) is 4.25. The van der Waals surface area contributed by atoms with E-state index in [0.717, 1.165) is 22.9 Å². The quantitative estimate of drug-likeness (QED) is 0.664. The van der Waals surface area contributed by atoms with E-state index in [2.05, 4.69) is 5.16 Å². The van der Waals surface area contributed by atoms with Crippen LogP contribution in [0.2, 0.25) is 0 Å². The van der Waals surface area contributed by atoms with Gasteiger partial charge in [0.2, 0.25) is 6.23 Å². The lowest BCUT2D eigenvalue weighted by atomic mass is 10.1. The first-order valence-electron chi connectivity index (χ1n) is 10.1. The van der Waals surface area contributed by atoms with E-state index in [1.165, 1.54) is 0 Å². The maximum absolute atomic E-state index is 13.1. The maximum Gasteiger partial charge on any atom is 0.254 e. The fourth-order valence-corrected chi connectivity index (χ4v) is 3.26. The van der Waals surface area contributed by atoms with E-state index < -0.39 is 0 Å². The van der Waals surface area contributed by atoms with Gasteiger partial charge >= 0.3 is 0 Å². The Morgan fingerprint density at radius 3 is 2.33 bits per heavy atom. The second-order valence-corrected chi connectivity index (χ2v) is 7.32. The number of carbonyl (C=O) groups is 1. The van der Waals surface area contributed by atoms with Crippen LogP contribution in [0.25, 0.3) is 0 Å². The monoisotopic (exact) mass is 411 g/mol. The van der Waals surface area contributed by atoms with E-state index in [1.54, 1.807) is 24.1 Å². The van der Waals surface area contributed by atoms with Crippen LogP contribution in [0.1, 0.15) is 36.7 Å². The van der Waals surface area contributed by atoms with E-state index in [-0.39, 0.29) is 18.2 Å². The van der Waals surface area contributed by atoms with E-state index in [4.69, 9.17) is 14.3 Å². The van der Waals surface area contributed by atoms with Crippen molar-refractivity contribution in [1.82, 2.24) is 9.80 Å². The molecule has 7 heteroatoms. The van der Waals surface area contributed by atoms with Crippen molar-refractivity contribution in [3.63, 3.8) is 0 Å². The van der Waals surface area contributed by atoms with Crippen LogP contribution >= 0.6 is 0 Å². The second-order valence-electron chi connectivity index (χ2n) is 7.32. The molecule has 0 saturated carbocycles. The van der Waals surface area contributed by atoms with Gasteiger partial charge in [0.15, 0.2) is 5.84 Å². The minimum Gasteiger partial charge on any atom is -0.497 e. The van der Waals surface area contributed by atoms with Crippen LogP contribution in [0.4, 0.5) is 0 Å². The van der Waals surface area contributed by atoms with Crippen molar-refractivity contribution in [2.75, 3.05) is 27.3 Å². The predicted octanol–water partition coefficient (Wildman–Crippen LogP) is 3.59. The largest absolute Gasteiger partial charge is 0.497 e. The van der Waals surface area contributed by atoms with E-state index in [1.807, 2.05) is 69.1 Å². The normalized spacial score (nSPS) is 15.6. The van der Waals surface area contributed by atoms with Crippen LogP contribution < -0.4 is 9.47 Å². The van der Waals surface area contributed by atoms with Crippen molar-refractivity contribution < 1.29 is 19.1 Å². The summed E-state index contributed by atoms with van der Waals surface area (Å²) in [7, 11) is 3.55. The van der Waals surface area contributed by atoms with Crippen LogP contribution in [0, 0.1) is 0 Å². The minimum atomic E-state index is -0.365. The number of nitrogens with zero attached hydrogens (tertiary/aromatic N) is 3. The molecule has 30 heavy (non-hydrogen) atoms. The fraction of sp³-hybridized carbons (Fsp3) is 0.391. The molecular formula is C23H29N3O4. The summed E-state index contributed by atoms with van der Waals surface area (Å²) in [6.07, 6.45) is -0.365. The third kappa shape index (κ3) is 4.67. The van der Waals surface area contributed by atoms with E-state index in [9.17, 15) is 4.79 Å². The number of hydrogen-bond donors (Lipinski definition) is 0. The lowest BCUT2D eigenvalue weighted by Crippen LogP contribution is -2.47. The van der Waals surface area contributed by atoms with Gasteiger partial charge in [0, 0.05) is 24.2 Å².